The Morgan fingerprint density at radius 2 is 1.80 bits per heavy atom. The lowest BCUT2D eigenvalue weighted by atomic mass is 10.1. The summed E-state index contributed by atoms with van der Waals surface area (Å²) in [5.41, 5.74) is 1.68. The van der Waals surface area contributed by atoms with Crippen LogP contribution < -0.4 is 19.5 Å². The standard InChI is InChI=1S/C23H30N2O5/c1-27-19-14-18(15-20(28-2)22(19)29-3)23(26)24-10-7-11-25-12-13-30-21(16-25)17-8-5-4-6-9-17/h4-6,8-9,14-15,21H,7,10-13,16H2,1-3H3,(H,24,26)/t21-/m1/s1. The molecular weight excluding hydrogens is 384 g/mol. The van der Waals surface area contributed by atoms with Gasteiger partial charge in [-0.2, -0.15) is 0 Å². The first kappa shape index (κ1) is 21.9. The first-order valence-electron chi connectivity index (χ1n) is 10.1. The molecule has 2 aromatic rings. The van der Waals surface area contributed by atoms with Gasteiger partial charge in [-0.15, -0.1) is 0 Å². The summed E-state index contributed by atoms with van der Waals surface area (Å²) >= 11 is 0. The molecule has 7 nitrogen and oxygen atoms in total. The number of hydrogen-bond acceptors (Lipinski definition) is 6. The third-order valence-corrected chi connectivity index (χ3v) is 5.19. The van der Waals surface area contributed by atoms with Crippen LogP contribution in [0, 0.1) is 0 Å². The molecule has 1 heterocycles. The largest absolute Gasteiger partial charge is 0.493 e. The molecule has 0 bridgehead atoms. The molecule has 1 aliphatic rings. The minimum absolute atomic E-state index is 0.105. The third kappa shape index (κ3) is 5.43. The van der Waals surface area contributed by atoms with Crippen LogP contribution in [0.25, 0.3) is 0 Å². The van der Waals surface area contributed by atoms with Crippen LogP contribution in [0.2, 0.25) is 0 Å². The van der Waals surface area contributed by atoms with Gasteiger partial charge in [0.2, 0.25) is 5.75 Å². The van der Waals surface area contributed by atoms with Gasteiger partial charge in [-0.25, -0.2) is 0 Å². The zero-order valence-electron chi connectivity index (χ0n) is 17.8. The molecule has 162 valence electrons. The van der Waals surface area contributed by atoms with Gasteiger partial charge < -0.3 is 24.3 Å². The first-order chi connectivity index (χ1) is 14.7. The molecule has 0 unspecified atom stereocenters. The first-order valence-corrected chi connectivity index (χ1v) is 10.1. The number of ether oxygens (including phenoxy) is 4. The van der Waals surface area contributed by atoms with Crippen molar-refractivity contribution in [3.05, 3.63) is 53.6 Å². The Balaban J connectivity index is 1.49. The second-order valence-electron chi connectivity index (χ2n) is 7.09. The second kappa shape index (κ2) is 10.8. The summed E-state index contributed by atoms with van der Waals surface area (Å²) in [6.45, 7) is 3.98. The molecule has 0 saturated carbocycles. The maximum absolute atomic E-state index is 12.6. The minimum atomic E-state index is -0.168. The summed E-state index contributed by atoms with van der Waals surface area (Å²) in [5, 5.41) is 2.97. The van der Waals surface area contributed by atoms with Crippen LogP contribution in [0.3, 0.4) is 0 Å². The van der Waals surface area contributed by atoms with E-state index in [1.54, 1.807) is 12.1 Å². The average molecular weight is 415 g/mol. The summed E-state index contributed by atoms with van der Waals surface area (Å²) in [7, 11) is 4.60. The molecule has 1 atom stereocenters. The van der Waals surface area contributed by atoms with Crippen LogP contribution in [0.4, 0.5) is 0 Å². The maximum Gasteiger partial charge on any atom is 0.251 e. The van der Waals surface area contributed by atoms with Gasteiger partial charge in [0.1, 0.15) is 0 Å². The summed E-state index contributed by atoms with van der Waals surface area (Å²) in [6.07, 6.45) is 0.964. The van der Waals surface area contributed by atoms with Gasteiger partial charge in [0.05, 0.1) is 34.0 Å². The van der Waals surface area contributed by atoms with Gasteiger partial charge >= 0.3 is 0 Å². The molecule has 0 radical (unpaired) electrons. The highest BCUT2D eigenvalue weighted by Gasteiger charge is 2.21. The van der Waals surface area contributed by atoms with Crippen molar-refractivity contribution in [1.82, 2.24) is 10.2 Å². The molecular formula is C23H30N2O5. The fourth-order valence-corrected chi connectivity index (χ4v) is 3.59. The zero-order valence-corrected chi connectivity index (χ0v) is 17.8. The summed E-state index contributed by atoms with van der Waals surface area (Å²) in [4.78, 5) is 15.0. The van der Waals surface area contributed by atoms with Crippen LogP contribution >= 0.6 is 0 Å². The smallest absolute Gasteiger partial charge is 0.251 e. The number of rotatable bonds is 9. The van der Waals surface area contributed by atoms with Gasteiger partial charge in [0, 0.05) is 31.7 Å². The highest BCUT2D eigenvalue weighted by molar-refractivity contribution is 5.95. The Kier molecular flexibility index (Phi) is 7.93. The van der Waals surface area contributed by atoms with Crippen LogP contribution in [0.1, 0.15) is 28.4 Å². The molecule has 0 aliphatic carbocycles. The highest BCUT2D eigenvalue weighted by Crippen LogP contribution is 2.38. The summed E-state index contributed by atoms with van der Waals surface area (Å²) in [5.74, 6) is 1.22. The molecule has 30 heavy (non-hydrogen) atoms. The molecule has 1 saturated heterocycles. The molecule has 3 rings (SSSR count). The number of nitrogens with zero attached hydrogens (tertiary/aromatic N) is 1. The lowest BCUT2D eigenvalue weighted by molar-refractivity contribution is -0.0301. The Labute approximate surface area is 177 Å². The van der Waals surface area contributed by atoms with E-state index in [2.05, 4.69) is 22.3 Å². The maximum atomic E-state index is 12.6. The lowest BCUT2D eigenvalue weighted by Crippen LogP contribution is -2.39. The fraction of sp³-hybridized carbons (Fsp3) is 0.435. The van der Waals surface area contributed by atoms with Crippen molar-refractivity contribution in [2.75, 3.05) is 54.1 Å². The molecule has 1 N–H and O–H groups in total. The fourth-order valence-electron chi connectivity index (χ4n) is 3.59. The van der Waals surface area contributed by atoms with Crippen molar-refractivity contribution in [3.8, 4) is 17.2 Å². The third-order valence-electron chi connectivity index (χ3n) is 5.19. The van der Waals surface area contributed by atoms with Crippen molar-refractivity contribution in [3.63, 3.8) is 0 Å². The van der Waals surface area contributed by atoms with Crippen LogP contribution in [0.15, 0.2) is 42.5 Å². The molecule has 2 aromatic carbocycles. The number of amides is 1. The van der Waals surface area contributed by atoms with Crippen molar-refractivity contribution >= 4 is 5.91 Å². The van der Waals surface area contributed by atoms with Crippen molar-refractivity contribution < 1.29 is 23.7 Å². The number of carbonyl (C=O) groups is 1. The molecule has 0 spiro atoms. The van der Waals surface area contributed by atoms with Gasteiger partial charge in [-0.3, -0.25) is 9.69 Å². The predicted octanol–water partition coefficient (Wildman–Crippen LogP) is 2.91. The summed E-state index contributed by atoms with van der Waals surface area (Å²) in [6, 6.07) is 13.6. The molecule has 1 fully saturated rings. The molecule has 0 aromatic heterocycles. The minimum Gasteiger partial charge on any atom is -0.493 e. The average Bonchev–Trinajstić information content (AvgIpc) is 2.81. The Hall–Kier alpha value is -2.77. The van der Waals surface area contributed by atoms with E-state index in [9.17, 15) is 4.79 Å². The number of benzene rings is 2. The van der Waals surface area contributed by atoms with E-state index in [0.29, 0.717) is 29.4 Å². The number of nitrogens with one attached hydrogen (secondary N) is 1. The predicted molar refractivity (Wildman–Crippen MR) is 115 cm³/mol. The van der Waals surface area contributed by atoms with E-state index in [-0.39, 0.29) is 12.0 Å². The molecule has 7 heteroatoms. The van der Waals surface area contributed by atoms with E-state index in [1.807, 2.05) is 18.2 Å². The van der Waals surface area contributed by atoms with E-state index in [0.717, 1.165) is 32.7 Å². The van der Waals surface area contributed by atoms with Gasteiger partial charge in [-0.1, -0.05) is 30.3 Å². The van der Waals surface area contributed by atoms with Crippen LogP contribution in [0.5, 0.6) is 17.2 Å². The Morgan fingerprint density at radius 1 is 1.10 bits per heavy atom. The highest BCUT2D eigenvalue weighted by atomic mass is 16.5. The zero-order chi connectivity index (χ0) is 21.3. The van der Waals surface area contributed by atoms with Crippen molar-refractivity contribution in [1.29, 1.82) is 0 Å². The molecule has 1 amide bonds. The van der Waals surface area contributed by atoms with E-state index >= 15 is 0 Å². The van der Waals surface area contributed by atoms with Crippen molar-refractivity contribution in [2.45, 2.75) is 12.5 Å². The van der Waals surface area contributed by atoms with E-state index < -0.39 is 0 Å². The normalized spacial score (nSPS) is 16.7. The monoisotopic (exact) mass is 414 g/mol. The Bertz CT molecular complexity index is 803. The second-order valence-corrected chi connectivity index (χ2v) is 7.09. The van der Waals surface area contributed by atoms with Crippen LogP contribution in [-0.2, 0) is 4.74 Å². The van der Waals surface area contributed by atoms with Gasteiger partial charge in [-0.05, 0) is 24.1 Å². The van der Waals surface area contributed by atoms with E-state index in [1.165, 1.54) is 26.9 Å². The SMILES string of the molecule is COc1cc(C(=O)NCCCN2CCO[C@@H](c3ccccc3)C2)cc(OC)c1OC. The number of hydrogen-bond donors (Lipinski definition) is 1. The summed E-state index contributed by atoms with van der Waals surface area (Å²) < 4.78 is 21.9. The number of methoxy groups -OCH3 is 3. The number of morpholine rings is 1. The Morgan fingerprint density at radius 3 is 2.43 bits per heavy atom. The van der Waals surface area contributed by atoms with Gasteiger partial charge in [0.25, 0.3) is 5.91 Å². The van der Waals surface area contributed by atoms with E-state index in [4.69, 9.17) is 18.9 Å². The lowest BCUT2D eigenvalue weighted by Gasteiger charge is -2.33. The topological polar surface area (TPSA) is 69.3 Å². The quantitative estimate of drug-likeness (QED) is 0.637. The van der Waals surface area contributed by atoms with Crippen molar-refractivity contribution in [2.24, 2.45) is 0 Å². The number of carbonyl (C=O) groups excluding carboxylic acids is 1. The van der Waals surface area contributed by atoms with Crippen LogP contribution in [-0.4, -0.2) is 64.9 Å². The van der Waals surface area contributed by atoms with Gasteiger partial charge in [0.15, 0.2) is 11.5 Å². The molecule has 1 aliphatic heterocycles.